The van der Waals surface area contributed by atoms with Crippen molar-refractivity contribution in [1.29, 1.82) is 0 Å². The molecule has 1 aromatic carbocycles. The van der Waals surface area contributed by atoms with Crippen LogP contribution in [0.5, 0.6) is 0 Å². The molecule has 6 heteroatoms. The molecule has 0 atom stereocenters. The van der Waals surface area contributed by atoms with E-state index in [2.05, 4.69) is 15.4 Å². The fraction of sp³-hybridized carbons (Fsp3) is 0.0714. The lowest BCUT2D eigenvalue weighted by atomic mass is 10.1. The maximum absolute atomic E-state index is 10.8. The number of aromatic nitrogens is 3. The first-order valence-electron chi connectivity index (χ1n) is 6.09. The molecule has 3 rings (SSSR count). The Hall–Kier alpha value is -2.89. The molecule has 0 amide bonds. The van der Waals surface area contributed by atoms with Crippen LogP contribution in [0, 0.1) is 0 Å². The van der Waals surface area contributed by atoms with Crippen molar-refractivity contribution < 1.29 is 9.90 Å². The molecule has 0 aliphatic rings. The lowest BCUT2D eigenvalue weighted by Crippen LogP contribution is -2.03. The molecule has 0 bridgehead atoms. The van der Waals surface area contributed by atoms with Crippen LogP contribution >= 0.6 is 0 Å². The van der Waals surface area contributed by atoms with E-state index in [4.69, 9.17) is 5.11 Å². The van der Waals surface area contributed by atoms with E-state index >= 15 is 0 Å². The SMILES string of the molecule is O=C(O)c1ccc(CNc2ccn3nccc3n2)cc1. The first-order valence-corrected chi connectivity index (χ1v) is 6.09. The molecule has 0 unspecified atom stereocenters. The Morgan fingerprint density at radius 3 is 2.75 bits per heavy atom. The molecule has 0 aliphatic heterocycles. The molecule has 0 saturated carbocycles. The van der Waals surface area contributed by atoms with Crippen LogP contribution in [0.15, 0.2) is 48.8 Å². The van der Waals surface area contributed by atoms with Gasteiger partial charge in [0.1, 0.15) is 5.82 Å². The summed E-state index contributed by atoms with van der Waals surface area (Å²) in [6, 6.07) is 10.4. The van der Waals surface area contributed by atoms with Crippen LogP contribution in [-0.4, -0.2) is 25.7 Å². The van der Waals surface area contributed by atoms with E-state index in [-0.39, 0.29) is 5.56 Å². The molecule has 3 aromatic rings. The summed E-state index contributed by atoms with van der Waals surface area (Å²) in [6.45, 7) is 0.581. The van der Waals surface area contributed by atoms with Crippen molar-refractivity contribution in [1.82, 2.24) is 14.6 Å². The van der Waals surface area contributed by atoms with Crippen LogP contribution in [0.4, 0.5) is 5.82 Å². The molecule has 0 radical (unpaired) electrons. The van der Waals surface area contributed by atoms with Gasteiger partial charge in [-0.3, -0.25) is 0 Å². The number of nitrogens with zero attached hydrogens (tertiary/aromatic N) is 3. The number of fused-ring (bicyclic) bond motifs is 1. The Morgan fingerprint density at radius 2 is 2.00 bits per heavy atom. The maximum Gasteiger partial charge on any atom is 0.335 e. The van der Waals surface area contributed by atoms with Crippen LogP contribution in [0.2, 0.25) is 0 Å². The number of hydrogen-bond donors (Lipinski definition) is 2. The average Bonchev–Trinajstić information content (AvgIpc) is 2.93. The number of benzene rings is 1. The lowest BCUT2D eigenvalue weighted by Gasteiger charge is -2.06. The van der Waals surface area contributed by atoms with E-state index in [9.17, 15) is 4.79 Å². The summed E-state index contributed by atoms with van der Waals surface area (Å²) in [6.07, 6.45) is 3.52. The second-order valence-electron chi connectivity index (χ2n) is 4.30. The average molecular weight is 268 g/mol. The summed E-state index contributed by atoms with van der Waals surface area (Å²) >= 11 is 0. The van der Waals surface area contributed by atoms with Crippen molar-refractivity contribution in [2.75, 3.05) is 5.32 Å². The highest BCUT2D eigenvalue weighted by molar-refractivity contribution is 5.87. The quantitative estimate of drug-likeness (QED) is 0.757. The number of hydrogen-bond acceptors (Lipinski definition) is 4. The number of carboxylic acids is 1. The van der Waals surface area contributed by atoms with Crippen LogP contribution in [0.3, 0.4) is 0 Å². The van der Waals surface area contributed by atoms with Crippen LogP contribution < -0.4 is 5.32 Å². The first-order chi connectivity index (χ1) is 9.72. The third kappa shape index (κ3) is 2.44. The summed E-state index contributed by atoms with van der Waals surface area (Å²) in [7, 11) is 0. The summed E-state index contributed by atoms with van der Waals surface area (Å²) in [5.41, 5.74) is 2.05. The van der Waals surface area contributed by atoms with Gasteiger partial charge in [-0.25, -0.2) is 14.3 Å². The van der Waals surface area contributed by atoms with Crippen molar-refractivity contribution in [3.05, 3.63) is 59.9 Å². The molecule has 20 heavy (non-hydrogen) atoms. The molecule has 0 saturated heterocycles. The molecule has 6 nitrogen and oxygen atoms in total. The largest absolute Gasteiger partial charge is 0.478 e. The van der Waals surface area contributed by atoms with Crippen molar-refractivity contribution in [3.63, 3.8) is 0 Å². The van der Waals surface area contributed by atoms with E-state index in [0.29, 0.717) is 6.54 Å². The monoisotopic (exact) mass is 268 g/mol. The third-order valence-corrected chi connectivity index (χ3v) is 2.93. The number of rotatable bonds is 4. The topological polar surface area (TPSA) is 79.5 Å². The first kappa shape index (κ1) is 12.2. The van der Waals surface area contributed by atoms with Crippen molar-refractivity contribution in [3.8, 4) is 0 Å². The Kier molecular flexibility index (Phi) is 3.04. The molecule has 100 valence electrons. The van der Waals surface area contributed by atoms with Crippen LogP contribution in [-0.2, 0) is 6.54 Å². The Bertz CT molecular complexity index is 749. The van der Waals surface area contributed by atoms with Gasteiger partial charge in [0, 0.05) is 18.8 Å². The van der Waals surface area contributed by atoms with Crippen molar-refractivity contribution in [2.45, 2.75) is 6.54 Å². The Balaban J connectivity index is 1.70. The smallest absolute Gasteiger partial charge is 0.335 e. The zero-order valence-electron chi connectivity index (χ0n) is 10.5. The summed E-state index contributed by atoms with van der Waals surface area (Å²) in [4.78, 5) is 15.1. The summed E-state index contributed by atoms with van der Waals surface area (Å²) < 4.78 is 1.69. The summed E-state index contributed by atoms with van der Waals surface area (Å²) in [5.74, 6) is -0.169. The van der Waals surface area contributed by atoms with Gasteiger partial charge in [0.15, 0.2) is 5.65 Å². The fourth-order valence-electron chi connectivity index (χ4n) is 1.87. The molecular weight excluding hydrogens is 256 g/mol. The lowest BCUT2D eigenvalue weighted by molar-refractivity contribution is 0.0697. The molecule has 2 N–H and O–H groups in total. The Labute approximate surface area is 114 Å². The van der Waals surface area contributed by atoms with E-state index < -0.39 is 5.97 Å². The minimum Gasteiger partial charge on any atom is -0.478 e. The van der Waals surface area contributed by atoms with E-state index in [1.54, 1.807) is 35.0 Å². The second kappa shape index (κ2) is 5.00. The van der Waals surface area contributed by atoms with Gasteiger partial charge in [0.05, 0.1) is 11.8 Å². The predicted octanol–water partition coefficient (Wildman–Crippen LogP) is 2.04. The van der Waals surface area contributed by atoms with Crippen molar-refractivity contribution in [2.24, 2.45) is 0 Å². The van der Waals surface area contributed by atoms with Gasteiger partial charge >= 0.3 is 5.97 Å². The number of carboxylic acid groups (broad SMARTS) is 1. The third-order valence-electron chi connectivity index (χ3n) is 2.93. The summed E-state index contributed by atoms with van der Waals surface area (Å²) in [5, 5.41) is 16.1. The van der Waals surface area contributed by atoms with Gasteiger partial charge in [0.2, 0.25) is 0 Å². The second-order valence-corrected chi connectivity index (χ2v) is 4.30. The predicted molar refractivity (Wildman–Crippen MR) is 73.7 cm³/mol. The molecular formula is C14H12N4O2. The van der Waals surface area contributed by atoms with Crippen molar-refractivity contribution >= 4 is 17.4 Å². The minimum atomic E-state index is -0.919. The standard InChI is InChI=1S/C14H12N4O2/c19-14(20)11-3-1-10(2-4-11)9-15-12-6-8-18-13(17-12)5-7-16-18/h1-8H,9H2,(H,15,17)(H,19,20). The number of carbonyl (C=O) groups is 1. The van der Waals surface area contributed by atoms with Gasteiger partial charge in [-0.15, -0.1) is 0 Å². The highest BCUT2D eigenvalue weighted by atomic mass is 16.4. The van der Waals surface area contributed by atoms with Gasteiger partial charge in [-0.05, 0) is 23.8 Å². The van der Waals surface area contributed by atoms with E-state index in [0.717, 1.165) is 17.0 Å². The highest BCUT2D eigenvalue weighted by Crippen LogP contribution is 2.09. The fourth-order valence-corrected chi connectivity index (χ4v) is 1.87. The van der Waals surface area contributed by atoms with E-state index in [1.165, 1.54) is 0 Å². The normalized spacial score (nSPS) is 10.6. The van der Waals surface area contributed by atoms with Crippen LogP contribution in [0.25, 0.3) is 5.65 Å². The zero-order chi connectivity index (χ0) is 13.9. The Morgan fingerprint density at radius 1 is 1.20 bits per heavy atom. The molecule has 0 fully saturated rings. The van der Waals surface area contributed by atoms with Gasteiger partial charge in [-0.2, -0.15) is 5.10 Å². The van der Waals surface area contributed by atoms with Gasteiger partial charge < -0.3 is 10.4 Å². The maximum atomic E-state index is 10.8. The van der Waals surface area contributed by atoms with E-state index in [1.807, 2.05) is 18.3 Å². The number of aromatic carboxylic acids is 1. The molecule has 2 heterocycles. The zero-order valence-corrected chi connectivity index (χ0v) is 10.5. The molecule has 0 spiro atoms. The number of anilines is 1. The highest BCUT2D eigenvalue weighted by Gasteiger charge is 2.02. The molecule has 0 aliphatic carbocycles. The molecule has 2 aromatic heterocycles. The van der Waals surface area contributed by atoms with Gasteiger partial charge in [0.25, 0.3) is 0 Å². The van der Waals surface area contributed by atoms with Crippen LogP contribution in [0.1, 0.15) is 15.9 Å². The minimum absolute atomic E-state index is 0.285. The number of nitrogens with one attached hydrogen (secondary N) is 1. The van der Waals surface area contributed by atoms with Gasteiger partial charge in [-0.1, -0.05) is 12.1 Å².